The van der Waals surface area contributed by atoms with Gasteiger partial charge in [-0.1, -0.05) is 0 Å². The molecule has 1 N–H and O–H groups in total. The smallest absolute Gasteiger partial charge is 0.263 e. The normalized spacial score (nSPS) is 10.7. The highest BCUT2D eigenvalue weighted by molar-refractivity contribution is 7.13. The van der Waals surface area contributed by atoms with Gasteiger partial charge in [0.25, 0.3) is 5.91 Å². The molecular weight excluding hydrogens is 395 g/mol. The molecule has 4 rings (SSSR count). The number of furan rings is 1. The predicted octanol–water partition coefficient (Wildman–Crippen LogP) is 4.33. The minimum absolute atomic E-state index is 0.253. The van der Waals surface area contributed by atoms with Gasteiger partial charge in [-0.15, -0.1) is 11.3 Å². The van der Waals surface area contributed by atoms with E-state index >= 15 is 0 Å². The number of ether oxygens (including phenoxy) is 1. The molecule has 4 aromatic rings. The molecule has 0 spiro atoms. The number of anilines is 1. The van der Waals surface area contributed by atoms with Crippen molar-refractivity contribution < 1.29 is 18.3 Å². The number of halogens is 1. The van der Waals surface area contributed by atoms with E-state index in [4.69, 9.17) is 9.15 Å². The maximum Gasteiger partial charge on any atom is 0.263 e. The lowest BCUT2D eigenvalue weighted by Gasteiger charge is -2.09. The number of aryl methyl sites for hydroxylation is 1. The molecule has 1 amide bonds. The Morgan fingerprint density at radius 3 is 2.72 bits per heavy atom. The van der Waals surface area contributed by atoms with E-state index in [9.17, 15) is 9.18 Å². The van der Waals surface area contributed by atoms with Gasteiger partial charge in [-0.05, 0) is 43.3 Å². The zero-order valence-corrected chi connectivity index (χ0v) is 16.1. The van der Waals surface area contributed by atoms with Gasteiger partial charge in [0.2, 0.25) is 0 Å². The van der Waals surface area contributed by atoms with Crippen molar-refractivity contribution in [1.29, 1.82) is 0 Å². The standard InChI is InChI=1S/C20H15FN4O3S/c1-12-2-7-16(28-12)19-23-15(20-22-8-9-29-20)10-17(25-19)24-18(26)11-27-14-5-3-13(21)4-6-14/h2-10H,11H2,1H3,(H,23,24,25,26). The first-order valence-electron chi connectivity index (χ1n) is 8.61. The Morgan fingerprint density at radius 2 is 2.03 bits per heavy atom. The Kier molecular flexibility index (Phi) is 5.30. The molecule has 7 nitrogen and oxygen atoms in total. The summed E-state index contributed by atoms with van der Waals surface area (Å²) in [6, 6.07) is 10.6. The molecule has 3 heterocycles. The van der Waals surface area contributed by atoms with Crippen molar-refractivity contribution in [2.24, 2.45) is 0 Å². The quantitative estimate of drug-likeness (QED) is 0.509. The van der Waals surface area contributed by atoms with Crippen molar-refractivity contribution in [2.75, 3.05) is 11.9 Å². The van der Waals surface area contributed by atoms with Crippen molar-refractivity contribution in [3.63, 3.8) is 0 Å². The summed E-state index contributed by atoms with van der Waals surface area (Å²) in [5.41, 5.74) is 0.564. The second kappa shape index (κ2) is 8.19. The van der Waals surface area contributed by atoms with Gasteiger partial charge in [-0.2, -0.15) is 0 Å². The molecule has 0 aliphatic heterocycles. The van der Waals surface area contributed by atoms with E-state index in [0.717, 1.165) is 5.76 Å². The summed E-state index contributed by atoms with van der Waals surface area (Å²) in [6.07, 6.45) is 1.67. The van der Waals surface area contributed by atoms with Crippen LogP contribution in [0.15, 0.2) is 58.5 Å². The van der Waals surface area contributed by atoms with Crippen LogP contribution in [0.2, 0.25) is 0 Å². The lowest BCUT2D eigenvalue weighted by atomic mass is 10.3. The topological polar surface area (TPSA) is 90.1 Å². The van der Waals surface area contributed by atoms with Crippen molar-refractivity contribution in [3.05, 3.63) is 65.6 Å². The summed E-state index contributed by atoms with van der Waals surface area (Å²) in [6.45, 7) is 1.57. The van der Waals surface area contributed by atoms with Crippen LogP contribution in [0.5, 0.6) is 5.75 Å². The fourth-order valence-corrected chi connectivity index (χ4v) is 3.09. The van der Waals surface area contributed by atoms with E-state index in [1.165, 1.54) is 35.6 Å². The number of amides is 1. The van der Waals surface area contributed by atoms with E-state index < -0.39 is 5.91 Å². The third kappa shape index (κ3) is 4.64. The summed E-state index contributed by atoms with van der Waals surface area (Å²) in [4.78, 5) is 25.4. The van der Waals surface area contributed by atoms with Gasteiger partial charge in [0, 0.05) is 17.6 Å². The lowest BCUT2D eigenvalue weighted by Crippen LogP contribution is -2.21. The van der Waals surface area contributed by atoms with E-state index in [0.29, 0.717) is 33.9 Å². The van der Waals surface area contributed by atoms with Crippen LogP contribution in [0.3, 0.4) is 0 Å². The third-order valence-corrected chi connectivity index (χ3v) is 4.58. The number of thiazole rings is 1. The minimum Gasteiger partial charge on any atom is -0.484 e. The van der Waals surface area contributed by atoms with Gasteiger partial charge in [0.1, 0.15) is 33.8 Å². The molecule has 1 aromatic carbocycles. The van der Waals surface area contributed by atoms with Crippen molar-refractivity contribution in [3.8, 4) is 28.0 Å². The summed E-state index contributed by atoms with van der Waals surface area (Å²) >= 11 is 1.42. The Bertz CT molecular complexity index is 1130. The number of carbonyl (C=O) groups excluding carboxylic acids is 1. The molecule has 0 saturated carbocycles. The fourth-order valence-electron chi connectivity index (χ4n) is 2.49. The summed E-state index contributed by atoms with van der Waals surface area (Å²) in [5, 5.41) is 5.21. The zero-order valence-electron chi connectivity index (χ0n) is 15.3. The number of hydrogen-bond donors (Lipinski definition) is 1. The first kappa shape index (κ1) is 18.8. The molecule has 0 radical (unpaired) electrons. The largest absolute Gasteiger partial charge is 0.484 e. The van der Waals surface area contributed by atoms with Crippen LogP contribution in [0.1, 0.15) is 5.76 Å². The van der Waals surface area contributed by atoms with Crippen LogP contribution < -0.4 is 10.1 Å². The van der Waals surface area contributed by atoms with Crippen LogP contribution in [0.25, 0.3) is 22.3 Å². The Labute approximate surface area is 169 Å². The van der Waals surface area contributed by atoms with Gasteiger partial charge in [0.05, 0.1) is 0 Å². The average molecular weight is 410 g/mol. The molecule has 146 valence electrons. The predicted molar refractivity (Wildman–Crippen MR) is 106 cm³/mol. The van der Waals surface area contributed by atoms with Crippen LogP contribution in [0.4, 0.5) is 10.2 Å². The average Bonchev–Trinajstić information content (AvgIpc) is 3.39. The Balaban J connectivity index is 1.54. The number of rotatable bonds is 6. The van der Waals surface area contributed by atoms with Crippen LogP contribution >= 0.6 is 11.3 Å². The number of hydrogen-bond acceptors (Lipinski definition) is 7. The van der Waals surface area contributed by atoms with Gasteiger partial charge in [-0.25, -0.2) is 19.3 Å². The highest BCUT2D eigenvalue weighted by atomic mass is 32.1. The fraction of sp³-hybridized carbons (Fsp3) is 0.100. The van der Waals surface area contributed by atoms with Crippen LogP contribution in [-0.2, 0) is 4.79 Å². The van der Waals surface area contributed by atoms with E-state index in [-0.39, 0.29) is 12.4 Å². The molecule has 0 fully saturated rings. The first-order chi connectivity index (χ1) is 14.1. The molecule has 9 heteroatoms. The molecule has 3 aromatic heterocycles. The van der Waals surface area contributed by atoms with Gasteiger partial charge < -0.3 is 14.5 Å². The second-order valence-electron chi connectivity index (χ2n) is 6.00. The van der Waals surface area contributed by atoms with Crippen molar-refractivity contribution in [2.45, 2.75) is 6.92 Å². The van der Waals surface area contributed by atoms with Crippen molar-refractivity contribution in [1.82, 2.24) is 15.0 Å². The van der Waals surface area contributed by atoms with Crippen LogP contribution in [-0.4, -0.2) is 27.5 Å². The number of benzene rings is 1. The highest BCUT2D eigenvalue weighted by Crippen LogP contribution is 2.26. The summed E-state index contributed by atoms with van der Waals surface area (Å²) in [5.74, 6) is 1.43. The van der Waals surface area contributed by atoms with Gasteiger partial charge in [0.15, 0.2) is 18.2 Å². The van der Waals surface area contributed by atoms with E-state index in [1.54, 1.807) is 18.3 Å². The third-order valence-electron chi connectivity index (χ3n) is 3.79. The van der Waals surface area contributed by atoms with Crippen molar-refractivity contribution >= 4 is 23.1 Å². The second-order valence-corrected chi connectivity index (χ2v) is 6.89. The molecule has 0 aliphatic carbocycles. The Morgan fingerprint density at radius 1 is 1.21 bits per heavy atom. The SMILES string of the molecule is Cc1ccc(-c2nc(NC(=O)COc3ccc(F)cc3)cc(-c3nccs3)n2)o1. The van der Waals surface area contributed by atoms with Gasteiger partial charge in [-0.3, -0.25) is 4.79 Å². The van der Waals surface area contributed by atoms with Gasteiger partial charge >= 0.3 is 0 Å². The number of aromatic nitrogens is 3. The maximum atomic E-state index is 12.9. The van der Waals surface area contributed by atoms with E-state index in [2.05, 4.69) is 20.3 Å². The zero-order chi connectivity index (χ0) is 20.2. The van der Waals surface area contributed by atoms with Crippen LogP contribution in [0, 0.1) is 12.7 Å². The molecular formula is C20H15FN4O3S. The first-order valence-corrected chi connectivity index (χ1v) is 9.49. The monoisotopic (exact) mass is 410 g/mol. The molecule has 0 unspecified atom stereocenters. The number of nitrogens with one attached hydrogen (secondary N) is 1. The molecule has 0 bridgehead atoms. The molecule has 0 aliphatic rings. The number of nitrogens with zero attached hydrogens (tertiary/aromatic N) is 3. The summed E-state index contributed by atoms with van der Waals surface area (Å²) in [7, 11) is 0. The van der Waals surface area contributed by atoms with E-state index in [1.807, 2.05) is 18.4 Å². The maximum absolute atomic E-state index is 12.9. The molecule has 0 atom stereocenters. The number of carbonyl (C=O) groups is 1. The summed E-state index contributed by atoms with van der Waals surface area (Å²) < 4.78 is 23.9. The lowest BCUT2D eigenvalue weighted by molar-refractivity contribution is -0.118. The molecule has 0 saturated heterocycles. The minimum atomic E-state index is -0.417. The Hall–Kier alpha value is -3.59. The molecule has 29 heavy (non-hydrogen) atoms. The highest BCUT2D eigenvalue weighted by Gasteiger charge is 2.14.